The number of ether oxygens (including phenoxy) is 1. The molecule has 20 heavy (non-hydrogen) atoms. The van der Waals surface area contributed by atoms with Gasteiger partial charge < -0.3 is 15.4 Å². The van der Waals surface area contributed by atoms with Crippen LogP contribution in [0.5, 0.6) is 0 Å². The molecule has 1 fully saturated rings. The first kappa shape index (κ1) is 14.9. The number of aromatic nitrogens is 1. The van der Waals surface area contributed by atoms with Crippen molar-refractivity contribution in [2.75, 3.05) is 33.4 Å². The Hall–Kier alpha value is -1.46. The lowest BCUT2D eigenvalue weighted by atomic mass is 9.78. The fourth-order valence-electron chi connectivity index (χ4n) is 2.66. The molecule has 1 aliphatic heterocycles. The predicted molar refractivity (Wildman–Crippen MR) is 77.4 cm³/mol. The van der Waals surface area contributed by atoms with Crippen LogP contribution in [0.1, 0.15) is 18.5 Å². The van der Waals surface area contributed by atoms with Crippen LogP contribution in [0.4, 0.5) is 0 Å². The van der Waals surface area contributed by atoms with Crippen LogP contribution >= 0.6 is 0 Å². The SMILES string of the molecule is COCC1(C(=O)NCCc2ccccn2)CCNCC1. The van der Waals surface area contributed by atoms with E-state index >= 15 is 0 Å². The number of piperidine rings is 1. The molecule has 0 unspecified atom stereocenters. The average Bonchev–Trinajstić information content (AvgIpc) is 2.49. The largest absolute Gasteiger partial charge is 0.384 e. The summed E-state index contributed by atoms with van der Waals surface area (Å²) in [5.41, 5.74) is 0.628. The number of carbonyl (C=O) groups is 1. The molecule has 0 aliphatic carbocycles. The maximum atomic E-state index is 12.5. The Labute approximate surface area is 120 Å². The Bertz CT molecular complexity index is 411. The number of methoxy groups -OCH3 is 1. The fraction of sp³-hybridized carbons (Fsp3) is 0.600. The molecule has 1 aromatic rings. The molecule has 0 bridgehead atoms. The number of rotatable bonds is 6. The van der Waals surface area contributed by atoms with Crippen LogP contribution in [-0.4, -0.2) is 44.2 Å². The molecule has 0 aromatic carbocycles. The third kappa shape index (κ3) is 3.77. The Balaban J connectivity index is 1.85. The molecule has 0 radical (unpaired) electrons. The molecule has 5 nitrogen and oxygen atoms in total. The average molecular weight is 277 g/mol. The molecule has 1 aliphatic rings. The number of hydrogen-bond donors (Lipinski definition) is 2. The van der Waals surface area contributed by atoms with Crippen molar-refractivity contribution in [2.45, 2.75) is 19.3 Å². The first-order chi connectivity index (χ1) is 9.77. The Morgan fingerprint density at radius 1 is 1.45 bits per heavy atom. The third-order valence-electron chi connectivity index (χ3n) is 3.86. The Kier molecular flexibility index (Phi) is 5.49. The summed E-state index contributed by atoms with van der Waals surface area (Å²) < 4.78 is 5.27. The highest BCUT2D eigenvalue weighted by Crippen LogP contribution is 2.29. The van der Waals surface area contributed by atoms with Crippen LogP contribution in [0.15, 0.2) is 24.4 Å². The van der Waals surface area contributed by atoms with Gasteiger partial charge in [-0.3, -0.25) is 9.78 Å². The lowest BCUT2D eigenvalue weighted by Crippen LogP contribution is -2.50. The zero-order valence-corrected chi connectivity index (χ0v) is 12.0. The summed E-state index contributed by atoms with van der Waals surface area (Å²) in [6.45, 7) is 2.85. The minimum Gasteiger partial charge on any atom is -0.384 e. The van der Waals surface area contributed by atoms with E-state index in [1.54, 1.807) is 13.3 Å². The van der Waals surface area contributed by atoms with Crippen LogP contribution in [0, 0.1) is 5.41 Å². The number of carbonyl (C=O) groups excluding carboxylic acids is 1. The molecule has 2 heterocycles. The van der Waals surface area contributed by atoms with Gasteiger partial charge in [0.05, 0.1) is 12.0 Å². The Morgan fingerprint density at radius 2 is 2.25 bits per heavy atom. The maximum Gasteiger partial charge on any atom is 0.228 e. The number of pyridine rings is 1. The standard InChI is InChI=1S/C15H23N3O2/c1-20-12-15(6-10-16-11-7-15)14(19)18-9-5-13-4-2-3-8-17-13/h2-4,8,16H,5-7,9-12H2,1H3,(H,18,19). The van der Waals surface area contributed by atoms with Gasteiger partial charge in [0.2, 0.25) is 5.91 Å². The quantitative estimate of drug-likeness (QED) is 0.806. The summed E-state index contributed by atoms with van der Waals surface area (Å²) in [7, 11) is 1.66. The summed E-state index contributed by atoms with van der Waals surface area (Å²) in [6, 6.07) is 5.83. The van der Waals surface area contributed by atoms with Gasteiger partial charge in [-0.25, -0.2) is 0 Å². The Morgan fingerprint density at radius 3 is 2.90 bits per heavy atom. The highest BCUT2D eigenvalue weighted by Gasteiger charge is 2.39. The molecule has 0 atom stereocenters. The van der Waals surface area contributed by atoms with Crippen molar-refractivity contribution in [3.63, 3.8) is 0 Å². The topological polar surface area (TPSA) is 63.2 Å². The fourth-order valence-corrected chi connectivity index (χ4v) is 2.66. The van der Waals surface area contributed by atoms with E-state index in [-0.39, 0.29) is 11.3 Å². The lowest BCUT2D eigenvalue weighted by Gasteiger charge is -2.35. The second-order valence-corrected chi connectivity index (χ2v) is 5.29. The molecule has 2 rings (SSSR count). The molecule has 1 aromatic heterocycles. The summed E-state index contributed by atoms with van der Waals surface area (Å²) in [4.78, 5) is 16.7. The summed E-state index contributed by atoms with van der Waals surface area (Å²) in [5.74, 6) is 0.108. The van der Waals surface area contributed by atoms with Gasteiger partial charge in [-0.2, -0.15) is 0 Å². The van der Waals surface area contributed by atoms with Gasteiger partial charge in [-0.05, 0) is 38.1 Å². The van der Waals surface area contributed by atoms with E-state index in [1.807, 2.05) is 18.2 Å². The van der Waals surface area contributed by atoms with Gasteiger partial charge in [-0.1, -0.05) is 6.07 Å². The summed E-state index contributed by atoms with van der Waals surface area (Å²) in [5, 5.41) is 6.33. The van der Waals surface area contributed by atoms with E-state index < -0.39 is 0 Å². The van der Waals surface area contributed by atoms with Gasteiger partial charge in [0.15, 0.2) is 0 Å². The van der Waals surface area contributed by atoms with Crippen molar-refractivity contribution < 1.29 is 9.53 Å². The lowest BCUT2D eigenvalue weighted by molar-refractivity contribution is -0.136. The molecule has 1 saturated heterocycles. The number of hydrogen-bond acceptors (Lipinski definition) is 4. The van der Waals surface area contributed by atoms with Crippen molar-refractivity contribution >= 4 is 5.91 Å². The van der Waals surface area contributed by atoms with E-state index in [1.165, 1.54) is 0 Å². The van der Waals surface area contributed by atoms with Crippen molar-refractivity contribution in [1.82, 2.24) is 15.6 Å². The van der Waals surface area contributed by atoms with Crippen LogP contribution in [-0.2, 0) is 16.0 Å². The van der Waals surface area contributed by atoms with Crippen molar-refractivity contribution in [3.8, 4) is 0 Å². The van der Waals surface area contributed by atoms with E-state index in [0.29, 0.717) is 13.2 Å². The molecule has 0 saturated carbocycles. The molecule has 1 amide bonds. The zero-order valence-electron chi connectivity index (χ0n) is 12.0. The van der Waals surface area contributed by atoms with Gasteiger partial charge in [0, 0.05) is 32.0 Å². The molecule has 110 valence electrons. The second-order valence-electron chi connectivity index (χ2n) is 5.29. The first-order valence-electron chi connectivity index (χ1n) is 7.15. The smallest absolute Gasteiger partial charge is 0.228 e. The maximum absolute atomic E-state index is 12.5. The van der Waals surface area contributed by atoms with Gasteiger partial charge >= 0.3 is 0 Å². The normalized spacial score (nSPS) is 17.6. The van der Waals surface area contributed by atoms with Crippen LogP contribution < -0.4 is 10.6 Å². The number of amides is 1. The van der Waals surface area contributed by atoms with Gasteiger partial charge in [0.25, 0.3) is 0 Å². The highest BCUT2D eigenvalue weighted by molar-refractivity contribution is 5.83. The van der Waals surface area contributed by atoms with Crippen molar-refractivity contribution in [2.24, 2.45) is 5.41 Å². The highest BCUT2D eigenvalue weighted by atomic mass is 16.5. The first-order valence-corrected chi connectivity index (χ1v) is 7.15. The monoisotopic (exact) mass is 277 g/mol. The summed E-state index contributed by atoms with van der Waals surface area (Å²) >= 11 is 0. The zero-order chi connectivity index (χ0) is 14.3. The van der Waals surface area contributed by atoms with E-state index in [4.69, 9.17) is 4.74 Å². The van der Waals surface area contributed by atoms with E-state index in [2.05, 4.69) is 15.6 Å². The van der Waals surface area contributed by atoms with Gasteiger partial charge in [0.1, 0.15) is 0 Å². The van der Waals surface area contributed by atoms with E-state index in [0.717, 1.165) is 38.0 Å². The number of nitrogens with one attached hydrogen (secondary N) is 2. The molecular weight excluding hydrogens is 254 g/mol. The minimum absolute atomic E-state index is 0.108. The van der Waals surface area contributed by atoms with Crippen LogP contribution in [0.3, 0.4) is 0 Å². The van der Waals surface area contributed by atoms with E-state index in [9.17, 15) is 4.79 Å². The molecule has 0 spiro atoms. The molecular formula is C15H23N3O2. The predicted octanol–water partition coefficient (Wildman–Crippen LogP) is 0.756. The van der Waals surface area contributed by atoms with Crippen LogP contribution in [0.25, 0.3) is 0 Å². The summed E-state index contributed by atoms with van der Waals surface area (Å²) in [6.07, 6.45) is 4.19. The van der Waals surface area contributed by atoms with Gasteiger partial charge in [-0.15, -0.1) is 0 Å². The van der Waals surface area contributed by atoms with Crippen molar-refractivity contribution in [1.29, 1.82) is 0 Å². The van der Waals surface area contributed by atoms with Crippen LogP contribution in [0.2, 0.25) is 0 Å². The van der Waals surface area contributed by atoms with Crippen molar-refractivity contribution in [3.05, 3.63) is 30.1 Å². The second kappa shape index (κ2) is 7.36. The molecule has 5 heteroatoms. The third-order valence-corrected chi connectivity index (χ3v) is 3.86. The minimum atomic E-state index is -0.371. The number of nitrogens with zero attached hydrogens (tertiary/aromatic N) is 1. The molecule has 2 N–H and O–H groups in total.